The summed E-state index contributed by atoms with van der Waals surface area (Å²) in [6, 6.07) is 24.8. The summed E-state index contributed by atoms with van der Waals surface area (Å²) in [6.45, 7) is 4.18. The summed E-state index contributed by atoms with van der Waals surface area (Å²) in [4.78, 5) is 0. The van der Waals surface area contributed by atoms with Gasteiger partial charge in [-0.05, 0) is 43.7 Å². The van der Waals surface area contributed by atoms with Gasteiger partial charge in [-0.1, -0.05) is 83.0 Å². The summed E-state index contributed by atoms with van der Waals surface area (Å²) in [7, 11) is 0. The molecule has 0 atom stereocenters. The van der Waals surface area contributed by atoms with Crippen LogP contribution in [0, 0.1) is 13.8 Å². The minimum atomic E-state index is 0.748. The zero-order chi connectivity index (χ0) is 19.5. The molecule has 1 heterocycles. The highest BCUT2D eigenvalue weighted by Gasteiger charge is 2.16. The van der Waals surface area contributed by atoms with Crippen molar-refractivity contribution < 1.29 is 0 Å². The van der Waals surface area contributed by atoms with Crippen LogP contribution in [-0.4, -0.2) is 14.8 Å². The van der Waals surface area contributed by atoms with Crippen LogP contribution in [0.15, 0.2) is 78.0 Å². The summed E-state index contributed by atoms with van der Waals surface area (Å²) < 4.78 is 2.13. The number of aryl methyl sites for hydroxylation is 2. The largest absolute Gasteiger partial charge is 0.270 e. The van der Waals surface area contributed by atoms with E-state index in [0.29, 0.717) is 0 Å². The first kappa shape index (κ1) is 18.8. The second-order valence-corrected chi connectivity index (χ2v) is 8.14. The molecule has 4 rings (SSSR count). The molecule has 0 saturated heterocycles. The number of hydrogen-bond acceptors (Lipinski definition) is 3. The van der Waals surface area contributed by atoms with E-state index in [1.54, 1.807) is 11.8 Å². The first-order chi connectivity index (χ1) is 13.6. The zero-order valence-corrected chi connectivity index (χ0v) is 17.3. The van der Waals surface area contributed by atoms with Crippen LogP contribution >= 0.6 is 23.4 Å². The summed E-state index contributed by atoms with van der Waals surface area (Å²) in [6.07, 6.45) is 0. The standard InChI is InChI=1S/C23H20ClN3S/c1-16-3-9-19(10-4-16)22-25-26-23(27(22)21-13-5-17(2)6-14-21)28-15-18-7-11-20(24)12-8-18/h3-14H,15H2,1-2H3. The van der Waals surface area contributed by atoms with Gasteiger partial charge in [0.15, 0.2) is 11.0 Å². The Morgan fingerprint density at radius 3 is 2.04 bits per heavy atom. The molecule has 0 fully saturated rings. The number of hydrogen-bond donors (Lipinski definition) is 0. The van der Waals surface area contributed by atoms with Crippen LogP contribution in [0.25, 0.3) is 17.1 Å². The van der Waals surface area contributed by atoms with Crippen LogP contribution < -0.4 is 0 Å². The number of halogens is 1. The molecule has 1 aromatic heterocycles. The molecule has 28 heavy (non-hydrogen) atoms. The van der Waals surface area contributed by atoms with E-state index in [1.165, 1.54) is 16.7 Å². The molecule has 4 aromatic rings. The number of aromatic nitrogens is 3. The molecule has 0 radical (unpaired) electrons. The highest BCUT2D eigenvalue weighted by molar-refractivity contribution is 7.98. The predicted molar refractivity (Wildman–Crippen MR) is 117 cm³/mol. The van der Waals surface area contributed by atoms with E-state index in [2.05, 4.69) is 77.1 Å². The molecule has 0 N–H and O–H groups in total. The SMILES string of the molecule is Cc1ccc(-c2nnc(SCc3ccc(Cl)cc3)n2-c2ccc(C)cc2)cc1. The Labute approximate surface area is 174 Å². The molecular formula is C23H20ClN3S. The summed E-state index contributed by atoms with van der Waals surface area (Å²) in [5.74, 6) is 1.65. The third-order valence-electron chi connectivity index (χ3n) is 4.52. The van der Waals surface area contributed by atoms with E-state index in [9.17, 15) is 0 Å². The van der Waals surface area contributed by atoms with E-state index in [4.69, 9.17) is 11.6 Å². The van der Waals surface area contributed by atoms with Gasteiger partial charge in [-0.3, -0.25) is 4.57 Å². The minimum absolute atomic E-state index is 0.748. The van der Waals surface area contributed by atoms with Crippen molar-refractivity contribution in [3.63, 3.8) is 0 Å². The van der Waals surface area contributed by atoms with Gasteiger partial charge in [0.1, 0.15) is 0 Å². The van der Waals surface area contributed by atoms with E-state index < -0.39 is 0 Å². The normalized spacial score (nSPS) is 11.0. The van der Waals surface area contributed by atoms with E-state index in [1.807, 2.05) is 24.3 Å². The molecule has 140 valence electrons. The van der Waals surface area contributed by atoms with Gasteiger partial charge in [-0.25, -0.2) is 0 Å². The van der Waals surface area contributed by atoms with Crippen molar-refractivity contribution in [1.29, 1.82) is 0 Å². The lowest BCUT2D eigenvalue weighted by molar-refractivity contribution is 0.885. The highest BCUT2D eigenvalue weighted by Crippen LogP contribution is 2.30. The van der Waals surface area contributed by atoms with Gasteiger partial charge in [0.2, 0.25) is 0 Å². The zero-order valence-electron chi connectivity index (χ0n) is 15.8. The van der Waals surface area contributed by atoms with E-state index in [0.717, 1.165) is 33.0 Å². The monoisotopic (exact) mass is 405 g/mol. The van der Waals surface area contributed by atoms with Gasteiger partial charge in [-0.15, -0.1) is 10.2 Å². The Balaban J connectivity index is 1.72. The summed E-state index contributed by atoms with van der Waals surface area (Å²) >= 11 is 7.67. The maximum atomic E-state index is 6.00. The van der Waals surface area contributed by atoms with Gasteiger partial charge in [0.25, 0.3) is 0 Å². The van der Waals surface area contributed by atoms with Crippen molar-refractivity contribution in [3.8, 4) is 17.1 Å². The van der Waals surface area contributed by atoms with Crippen LogP contribution in [0.1, 0.15) is 16.7 Å². The fraction of sp³-hybridized carbons (Fsp3) is 0.130. The molecule has 0 bridgehead atoms. The molecule has 0 spiro atoms. The molecule has 5 heteroatoms. The predicted octanol–water partition coefficient (Wildman–Crippen LogP) is 6.50. The molecular weight excluding hydrogens is 386 g/mol. The Morgan fingerprint density at radius 2 is 1.39 bits per heavy atom. The number of thioether (sulfide) groups is 1. The first-order valence-corrected chi connectivity index (χ1v) is 10.4. The summed E-state index contributed by atoms with van der Waals surface area (Å²) in [5.41, 5.74) is 5.76. The van der Waals surface area contributed by atoms with Gasteiger partial charge < -0.3 is 0 Å². The number of rotatable bonds is 5. The molecule has 0 amide bonds. The molecule has 0 aliphatic rings. The molecule has 0 aliphatic heterocycles. The lowest BCUT2D eigenvalue weighted by Crippen LogP contribution is -2.00. The maximum absolute atomic E-state index is 6.00. The Morgan fingerprint density at radius 1 is 0.786 bits per heavy atom. The van der Waals surface area contributed by atoms with Crippen molar-refractivity contribution in [3.05, 3.63) is 94.5 Å². The van der Waals surface area contributed by atoms with Crippen LogP contribution in [0.4, 0.5) is 0 Å². The molecule has 3 aromatic carbocycles. The van der Waals surface area contributed by atoms with Gasteiger partial charge >= 0.3 is 0 Å². The fourth-order valence-electron chi connectivity index (χ4n) is 2.91. The summed E-state index contributed by atoms with van der Waals surface area (Å²) in [5, 5.41) is 10.6. The fourth-order valence-corrected chi connectivity index (χ4v) is 3.94. The Bertz CT molecular complexity index is 1070. The topological polar surface area (TPSA) is 30.7 Å². The quantitative estimate of drug-likeness (QED) is 0.355. The third kappa shape index (κ3) is 4.13. The van der Waals surface area contributed by atoms with Crippen molar-refractivity contribution in [1.82, 2.24) is 14.8 Å². The van der Waals surface area contributed by atoms with Crippen molar-refractivity contribution in [2.45, 2.75) is 24.8 Å². The Hall–Kier alpha value is -2.56. The van der Waals surface area contributed by atoms with Gasteiger partial charge in [0, 0.05) is 22.0 Å². The first-order valence-electron chi connectivity index (χ1n) is 9.07. The van der Waals surface area contributed by atoms with Crippen molar-refractivity contribution >= 4 is 23.4 Å². The average Bonchev–Trinajstić information content (AvgIpc) is 3.13. The average molecular weight is 406 g/mol. The molecule has 3 nitrogen and oxygen atoms in total. The second kappa shape index (κ2) is 8.21. The molecule has 0 unspecified atom stereocenters. The third-order valence-corrected chi connectivity index (χ3v) is 5.77. The number of benzene rings is 3. The van der Waals surface area contributed by atoms with Crippen molar-refractivity contribution in [2.24, 2.45) is 0 Å². The highest BCUT2D eigenvalue weighted by atomic mass is 35.5. The lowest BCUT2D eigenvalue weighted by Gasteiger charge is -2.11. The van der Waals surface area contributed by atoms with Crippen LogP contribution in [0.5, 0.6) is 0 Å². The van der Waals surface area contributed by atoms with Gasteiger partial charge in [-0.2, -0.15) is 0 Å². The molecule has 0 saturated carbocycles. The maximum Gasteiger partial charge on any atom is 0.196 e. The van der Waals surface area contributed by atoms with E-state index in [-0.39, 0.29) is 0 Å². The van der Waals surface area contributed by atoms with Gasteiger partial charge in [0.05, 0.1) is 0 Å². The van der Waals surface area contributed by atoms with Crippen molar-refractivity contribution in [2.75, 3.05) is 0 Å². The van der Waals surface area contributed by atoms with Crippen LogP contribution in [0.3, 0.4) is 0 Å². The van der Waals surface area contributed by atoms with E-state index >= 15 is 0 Å². The minimum Gasteiger partial charge on any atom is -0.270 e. The smallest absolute Gasteiger partial charge is 0.196 e. The van der Waals surface area contributed by atoms with Crippen LogP contribution in [-0.2, 0) is 5.75 Å². The van der Waals surface area contributed by atoms with Crippen LogP contribution in [0.2, 0.25) is 5.02 Å². The number of nitrogens with zero attached hydrogens (tertiary/aromatic N) is 3. The second-order valence-electron chi connectivity index (χ2n) is 6.76. The Kier molecular flexibility index (Phi) is 5.51. The molecule has 0 aliphatic carbocycles. The lowest BCUT2D eigenvalue weighted by atomic mass is 10.1.